The molecule has 0 aliphatic carbocycles. The lowest BCUT2D eigenvalue weighted by molar-refractivity contribution is -0.384. The van der Waals surface area contributed by atoms with E-state index in [1.54, 1.807) is 42.2 Å². The summed E-state index contributed by atoms with van der Waals surface area (Å²) in [4.78, 5) is 37.1. The average molecular weight is 450 g/mol. The first kappa shape index (κ1) is 23.7. The molecule has 1 N–H and O–H groups in total. The Balaban J connectivity index is 2.03. The number of non-ortho nitro benzene ring substituents is 1. The molecule has 9 heteroatoms. The van der Waals surface area contributed by atoms with E-state index in [1.807, 2.05) is 13.0 Å². The number of nitrogens with one attached hydrogen (secondary N) is 1. The predicted octanol–water partition coefficient (Wildman–Crippen LogP) is 4.03. The van der Waals surface area contributed by atoms with Crippen LogP contribution >= 0.6 is 23.4 Å². The van der Waals surface area contributed by atoms with Gasteiger partial charge in [-0.1, -0.05) is 35.9 Å². The molecular formula is C21H24ClN3O4S. The maximum absolute atomic E-state index is 12.9. The molecule has 1 atom stereocenters. The van der Waals surface area contributed by atoms with E-state index in [2.05, 4.69) is 5.32 Å². The van der Waals surface area contributed by atoms with Gasteiger partial charge in [-0.05, 0) is 37.1 Å². The lowest BCUT2D eigenvalue weighted by Crippen LogP contribution is -2.48. The van der Waals surface area contributed by atoms with Gasteiger partial charge in [0.05, 0.1) is 10.7 Å². The number of carbonyl (C=O) groups excluding carboxylic acids is 2. The van der Waals surface area contributed by atoms with Gasteiger partial charge in [0.1, 0.15) is 6.04 Å². The Morgan fingerprint density at radius 3 is 2.50 bits per heavy atom. The van der Waals surface area contributed by atoms with E-state index >= 15 is 0 Å². The minimum absolute atomic E-state index is 0.0308. The molecule has 2 amide bonds. The highest BCUT2D eigenvalue weighted by atomic mass is 35.5. The van der Waals surface area contributed by atoms with Crippen LogP contribution in [0.4, 0.5) is 5.69 Å². The van der Waals surface area contributed by atoms with Crippen molar-refractivity contribution >= 4 is 40.9 Å². The van der Waals surface area contributed by atoms with Gasteiger partial charge < -0.3 is 10.2 Å². The first-order valence-corrected chi connectivity index (χ1v) is 11.0. The second-order valence-electron chi connectivity index (χ2n) is 6.64. The third-order valence-corrected chi connectivity index (χ3v) is 5.63. The Kier molecular flexibility index (Phi) is 9.14. The number of carbonyl (C=O) groups is 2. The predicted molar refractivity (Wildman–Crippen MR) is 119 cm³/mol. The van der Waals surface area contributed by atoms with E-state index in [0.29, 0.717) is 17.3 Å². The maximum Gasteiger partial charge on any atom is 0.269 e. The van der Waals surface area contributed by atoms with Gasteiger partial charge in [0.2, 0.25) is 11.8 Å². The standard InChI is InChI=1S/C21H24ClN3O4S/c1-3-23-21(27)15(2)24(12-17-5-4-6-18(22)11-17)20(26)14-30-13-16-7-9-19(10-8-16)25(28)29/h4-11,15H,3,12-14H2,1-2H3,(H,23,27). The first-order chi connectivity index (χ1) is 14.3. The van der Waals surface area contributed by atoms with E-state index in [0.717, 1.165) is 11.1 Å². The zero-order valence-corrected chi connectivity index (χ0v) is 18.4. The van der Waals surface area contributed by atoms with E-state index in [-0.39, 0.29) is 29.8 Å². The summed E-state index contributed by atoms with van der Waals surface area (Å²) >= 11 is 7.45. The molecule has 0 spiro atoms. The van der Waals surface area contributed by atoms with Crippen molar-refractivity contribution in [3.05, 3.63) is 74.8 Å². The van der Waals surface area contributed by atoms with Crippen LogP contribution < -0.4 is 5.32 Å². The Morgan fingerprint density at radius 1 is 1.20 bits per heavy atom. The molecule has 0 aliphatic rings. The van der Waals surface area contributed by atoms with Crippen molar-refractivity contribution in [2.75, 3.05) is 12.3 Å². The van der Waals surface area contributed by atoms with Gasteiger partial charge in [0.25, 0.3) is 5.69 Å². The number of hydrogen-bond acceptors (Lipinski definition) is 5. The van der Waals surface area contributed by atoms with Gasteiger partial charge in [-0.3, -0.25) is 19.7 Å². The fourth-order valence-electron chi connectivity index (χ4n) is 2.79. The highest BCUT2D eigenvalue weighted by molar-refractivity contribution is 7.99. The molecule has 0 radical (unpaired) electrons. The number of benzene rings is 2. The van der Waals surface area contributed by atoms with Crippen LogP contribution in [0.25, 0.3) is 0 Å². The number of halogens is 1. The Hall–Kier alpha value is -2.58. The Labute approximate surface area is 184 Å². The highest BCUT2D eigenvalue weighted by Gasteiger charge is 2.25. The fourth-order valence-corrected chi connectivity index (χ4v) is 3.87. The number of amides is 2. The molecule has 0 bridgehead atoms. The first-order valence-electron chi connectivity index (χ1n) is 9.44. The van der Waals surface area contributed by atoms with Gasteiger partial charge in [0, 0.05) is 36.0 Å². The smallest absolute Gasteiger partial charge is 0.269 e. The number of nitrogens with zero attached hydrogens (tertiary/aromatic N) is 2. The van der Waals surface area contributed by atoms with Crippen molar-refractivity contribution in [3.8, 4) is 0 Å². The summed E-state index contributed by atoms with van der Waals surface area (Å²) in [6, 6.07) is 12.8. The molecule has 0 aromatic heterocycles. The third kappa shape index (κ3) is 7.03. The van der Waals surface area contributed by atoms with E-state index in [9.17, 15) is 19.7 Å². The molecule has 0 saturated carbocycles. The van der Waals surface area contributed by atoms with Crippen molar-refractivity contribution < 1.29 is 14.5 Å². The van der Waals surface area contributed by atoms with Gasteiger partial charge in [0.15, 0.2) is 0 Å². The van der Waals surface area contributed by atoms with Crippen LogP contribution in [0.15, 0.2) is 48.5 Å². The largest absolute Gasteiger partial charge is 0.355 e. The average Bonchev–Trinajstić information content (AvgIpc) is 2.72. The van der Waals surface area contributed by atoms with Crippen LogP contribution in [-0.4, -0.2) is 40.0 Å². The second-order valence-corrected chi connectivity index (χ2v) is 8.06. The van der Waals surface area contributed by atoms with E-state index < -0.39 is 11.0 Å². The molecule has 0 saturated heterocycles. The van der Waals surface area contributed by atoms with E-state index in [1.165, 1.54) is 23.9 Å². The maximum atomic E-state index is 12.9. The van der Waals surface area contributed by atoms with Crippen LogP contribution in [0.2, 0.25) is 5.02 Å². The summed E-state index contributed by atoms with van der Waals surface area (Å²) < 4.78 is 0. The van der Waals surface area contributed by atoms with Crippen LogP contribution in [0.3, 0.4) is 0 Å². The summed E-state index contributed by atoms with van der Waals surface area (Å²) in [5.41, 5.74) is 1.76. The van der Waals surface area contributed by atoms with Crippen LogP contribution in [0, 0.1) is 10.1 Å². The summed E-state index contributed by atoms with van der Waals surface area (Å²) in [7, 11) is 0. The summed E-state index contributed by atoms with van der Waals surface area (Å²) in [6.07, 6.45) is 0. The lowest BCUT2D eigenvalue weighted by Gasteiger charge is -2.28. The lowest BCUT2D eigenvalue weighted by atomic mass is 10.1. The zero-order chi connectivity index (χ0) is 22.1. The van der Waals surface area contributed by atoms with Crippen molar-refractivity contribution in [1.29, 1.82) is 0 Å². The monoisotopic (exact) mass is 449 g/mol. The quantitative estimate of drug-likeness (QED) is 0.436. The number of rotatable bonds is 10. The second kappa shape index (κ2) is 11.6. The van der Waals surface area contributed by atoms with Crippen molar-refractivity contribution in [2.45, 2.75) is 32.2 Å². The normalized spacial score (nSPS) is 11.6. The highest BCUT2D eigenvalue weighted by Crippen LogP contribution is 2.19. The number of thioether (sulfide) groups is 1. The molecule has 2 aromatic rings. The molecular weight excluding hydrogens is 426 g/mol. The SMILES string of the molecule is CCNC(=O)C(C)N(Cc1cccc(Cl)c1)C(=O)CSCc1ccc([N+](=O)[O-])cc1. The summed E-state index contributed by atoms with van der Waals surface area (Å²) in [5.74, 6) is 0.333. The molecule has 160 valence electrons. The Morgan fingerprint density at radius 2 is 1.90 bits per heavy atom. The summed E-state index contributed by atoms with van der Waals surface area (Å²) in [5, 5.41) is 14.1. The van der Waals surface area contributed by atoms with E-state index in [4.69, 9.17) is 11.6 Å². The van der Waals surface area contributed by atoms with Crippen molar-refractivity contribution in [2.24, 2.45) is 0 Å². The summed E-state index contributed by atoms with van der Waals surface area (Å²) in [6.45, 7) is 4.29. The number of likely N-dealkylation sites (N-methyl/N-ethyl adjacent to an activating group) is 1. The number of nitro benzene ring substituents is 1. The molecule has 0 fully saturated rings. The zero-order valence-electron chi connectivity index (χ0n) is 16.8. The molecule has 0 heterocycles. The van der Waals surface area contributed by atoms with Gasteiger partial charge in [-0.2, -0.15) is 0 Å². The molecule has 30 heavy (non-hydrogen) atoms. The third-order valence-electron chi connectivity index (χ3n) is 4.40. The molecule has 1 unspecified atom stereocenters. The van der Waals surface area contributed by atoms with Gasteiger partial charge in [-0.15, -0.1) is 11.8 Å². The molecule has 7 nitrogen and oxygen atoms in total. The number of hydrogen-bond donors (Lipinski definition) is 1. The van der Waals surface area contributed by atoms with Gasteiger partial charge in [-0.25, -0.2) is 0 Å². The topological polar surface area (TPSA) is 92.6 Å². The molecule has 0 aliphatic heterocycles. The molecule has 2 rings (SSSR count). The van der Waals surface area contributed by atoms with Crippen molar-refractivity contribution in [3.63, 3.8) is 0 Å². The minimum Gasteiger partial charge on any atom is -0.355 e. The van der Waals surface area contributed by atoms with Crippen LogP contribution in [0.5, 0.6) is 0 Å². The minimum atomic E-state index is -0.628. The van der Waals surface area contributed by atoms with Crippen LogP contribution in [0.1, 0.15) is 25.0 Å². The van der Waals surface area contributed by atoms with Crippen LogP contribution in [-0.2, 0) is 21.9 Å². The van der Waals surface area contributed by atoms with Gasteiger partial charge >= 0.3 is 0 Å². The fraction of sp³-hybridized carbons (Fsp3) is 0.333. The van der Waals surface area contributed by atoms with Crippen molar-refractivity contribution in [1.82, 2.24) is 10.2 Å². The number of nitro groups is 1. The Bertz CT molecular complexity index is 892. The molecule has 2 aromatic carbocycles.